The van der Waals surface area contributed by atoms with Gasteiger partial charge in [0.2, 0.25) is 5.91 Å². The molecule has 1 saturated heterocycles. The maximum Gasteiger partial charge on any atom is 0.248 e. The number of piperidine rings is 1. The smallest absolute Gasteiger partial charge is 0.248 e. The molecule has 172 valence electrons. The van der Waals surface area contributed by atoms with Gasteiger partial charge in [-0.05, 0) is 91.8 Å². The Hall–Kier alpha value is -2.17. The lowest BCUT2D eigenvalue weighted by atomic mass is 9.66. The molecule has 4 nitrogen and oxygen atoms in total. The third kappa shape index (κ3) is 4.92. The summed E-state index contributed by atoms with van der Waals surface area (Å²) >= 11 is 0. The first-order chi connectivity index (χ1) is 15.4. The average Bonchev–Trinajstić information content (AvgIpc) is 2.81. The van der Waals surface area contributed by atoms with Crippen molar-refractivity contribution in [3.63, 3.8) is 0 Å². The molecule has 4 N–H and O–H groups in total. The molecule has 1 aliphatic carbocycles. The van der Waals surface area contributed by atoms with Gasteiger partial charge in [0.05, 0.1) is 5.60 Å². The topological polar surface area (TPSA) is 75.4 Å². The Morgan fingerprint density at radius 3 is 2.59 bits per heavy atom. The third-order valence-corrected chi connectivity index (χ3v) is 8.08. The molecule has 0 spiro atoms. The quantitative estimate of drug-likeness (QED) is 0.584. The second kappa shape index (κ2) is 9.76. The molecule has 1 saturated carbocycles. The highest BCUT2D eigenvalue weighted by Crippen LogP contribution is 2.41. The van der Waals surface area contributed by atoms with Crippen LogP contribution in [-0.4, -0.2) is 24.1 Å². The molecule has 0 radical (unpaired) electrons. The van der Waals surface area contributed by atoms with Crippen molar-refractivity contribution >= 4 is 5.91 Å². The van der Waals surface area contributed by atoms with Crippen LogP contribution in [0.4, 0.5) is 0 Å². The Bertz CT molecular complexity index is 935. The summed E-state index contributed by atoms with van der Waals surface area (Å²) in [5.41, 5.74) is 9.19. The zero-order chi connectivity index (χ0) is 22.6. The zero-order valence-electron chi connectivity index (χ0n) is 19.4. The number of hydrogen-bond donors (Lipinski definition) is 3. The first-order valence-electron chi connectivity index (χ1n) is 12.3. The molecule has 0 aromatic heterocycles. The highest BCUT2D eigenvalue weighted by Gasteiger charge is 2.38. The van der Waals surface area contributed by atoms with E-state index in [0.29, 0.717) is 11.5 Å². The van der Waals surface area contributed by atoms with E-state index in [2.05, 4.69) is 42.6 Å². The largest absolute Gasteiger partial charge is 0.385 e. The van der Waals surface area contributed by atoms with Gasteiger partial charge in [-0.3, -0.25) is 4.79 Å². The van der Waals surface area contributed by atoms with E-state index in [0.717, 1.165) is 70.0 Å². The van der Waals surface area contributed by atoms with Crippen molar-refractivity contribution in [1.29, 1.82) is 0 Å². The number of nitrogens with two attached hydrogens (primary N) is 1. The summed E-state index contributed by atoms with van der Waals surface area (Å²) in [5.74, 6) is 0.144. The van der Waals surface area contributed by atoms with Gasteiger partial charge in [-0.2, -0.15) is 0 Å². The Morgan fingerprint density at radius 1 is 1.06 bits per heavy atom. The maximum absolute atomic E-state index is 11.7. The summed E-state index contributed by atoms with van der Waals surface area (Å²) < 4.78 is 0. The molecule has 2 atom stereocenters. The number of nitrogens with one attached hydrogen (secondary N) is 1. The standard InChI is InChI=1S/C28H38N2O2/c1-27(23-11-7-10-22(19-23)26(29)31)16-17-30-20-25(27)13-6-9-21-8-5-12-24(18-21)28(32)14-3-2-4-15-28/h5,7-8,10-12,18-19,25,30,32H,2-4,6,9,13-17,20H2,1H3,(H2,29,31). The molecule has 4 heteroatoms. The number of carbonyl (C=O) groups excluding carboxylic acids is 1. The van der Waals surface area contributed by atoms with Gasteiger partial charge in [0, 0.05) is 5.56 Å². The van der Waals surface area contributed by atoms with Gasteiger partial charge < -0.3 is 16.2 Å². The molecular formula is C28H38N2O2. The molecule has 1 heterocycles. The predicted molar refractivity (Wildman–Crippen MR) is 130 cm³/mol. The van der Waals surface area contributed by atoms with Crippen molar-refractivity contribution in [2.24, 2.45) is 11.7 Å². The first-order valence-corrected chi connectivity index (χ1v) is 12.3. The highest BCUT2D eigenvalue weighted by molar-refractivity contribution is 5.92. The first kappa shape index (κ1) is 23.0. The predicted octanol–water partition coefficient (Wildman–Crippen LogP) is 4.83. The van der Waals surface area contributed by atoms with Gasteiger partial charge in [-0.15, -0.1) is 0 Å². The van der Waals surface area contributed by atoms with E-state index in [1.807, 2.05) is 12.1 Å². The van der Waals surface area contributed by atoms with E-state index >= 15 is 0 Å². The third-order valence-electron chi connectivity index (χ3n) is 8.08. The lowest BCUT2D eigenvalue weighted by Gasteiger charge is -2.43. The van der Waals surface area contributed by atoms with Gasteiger partial charge in [-0.1, -0.05) is 62.6 Å². The summed E-state index contributed by atoms with van der Waals surface area (Å²) in [7, 11) is 0. The molecule has 2 aromatic carbocycles. The van der Waals surface area contributed by atoms with Crippen LogP contribution in [0.1, 0.15) is 85.3 Å². The lowest BCUT2D eigenvalue weighted by Crippen LogP contribution is -2.46. The Morgan fingerprint density at radius 2 is 1.81 bits per heavy atom. The molecule has 1 aliphatic heterocycles. The van der Waals surface area contributed by atoms with Gasteiger partial charge >= 0.3 is 0 Å². The van der Waals surface area contributed by atoms with Crippen molar-refractivity contribution in [2.75, 3.05) is 13.1 Å². The average molecular weight is 435 g/mol. The number of carbonyl (C=O) groups is 1. The van der Waals surface area contributed by atoms with Crippen LogP contribution >= 0.6 is 0 Å². The van der Waals surface area contributed by atoms with Crippen molar-refractivity contribution in [2.45, 2.75) is 75.7 Å². The molecular weight excluding hydrogens is 396 g/mol. The SMILES string of the molecule is CC1(c2cccc(C(N)=O)c2)CCNCC1CCCc1cccc(C2(O)CCCCC2)c1. The normalized spacial score (nSPS) is 25.4. The summed E-state index contributed by atoms with van der Waals surface area (Å²) in [4.78, 5) is 11.7. The van der Waals surface area contributed by atoms with E-state index in [4.69, 9.17) is 5.73 Å². The van der Waals surface area contributed by atoms with Crippen molar-refractivity contribution in [1.82, 2.24) is 5.32 Å². The summed E-state index contributed by atoms with van der Waals surface area (Å²) in [6.45, 7) is 4.34. The molecule has 2 unspecified atom stereocenters. The van der Waals surface area contributed by atoms with Gasteiger partial charge in [0.15, 0.2) is 0 Å². The van der Waals surface area contributed by atoms with Crippen LogP contribution in [0.25, 0.3) is 0 Å². The van der Waals surface area contributed by atoms with Crippen LogP contribution in [0.5, 0.6) is 0 Å². The van der Waals surface area contributed by atoms with Crippen LogP contribution in [-0.2, 0) is 17.4 Å². The van der Waals surface area contributed by atoms with E-state index in [1.54, 1.807) is 6.07 Å². The second-order valence-electron chi connectivity index (χ2n) is 10.2. The lowest BCUT2D eigenvalue weighted by molar-refractivity contribution is -0.000695. The number of aryl methyl sites for hydroxylation is 1. The molecule has 0 bridgehead atoms. The fourth-order valence-corrected chi connectivity index (χ4v) is 5.88. The Labute approximate surface area is 192 Å². The Balaban J connectivity index is 1.43. The zero-order valence-corrected chi connectivity index (χ0v) is 19.4. The number of primary amides is 1. The second-order valence-corrected chi connectivity index (χ2v) is 10.2. The minimum Gasteiger partial charge on any atom is -0.385 e. The number of amides is 1. The minimum absolute atomic E-state index is 0.0375. The molecule has 1 amide bonds. The number of rotatable bonds is 7. The van der Waals surface area contributed by atoms with Gasteiger partial charge in [0.1, 0.15) is 0 Å². The fraction of sp³-hybridized carbons (Fsp3) is 0.536. The highest BCUT2D eigenvalue weighted by atomic mass is 16.3. The number of aliphatic hydroxyl groups is 1. The summed E-state index contributed by atoms with van der Waals surface area (Å²) in [5, 5.41) is 14.7. The van der Waals surface area contributed by atoms with E-state index < -0.39 is 5.60 Å². The number of hydrogen-bond acceptors (Lipinski definition) is 3. The fourth-order valence-electron chi connectivity index (χ4n) is 5.88. The van der Waals surface area contributed by atoms with Gasteiger partial charge in [0.25, 0.3) is 0 Å². The van der Waals surface area contributed by atoms with Crippen LogP contribution in [0.15, 0.2) is 48.5 Å². The Kier molecular flexibility index (Phi) is 7.02. The van der Waals surface area contributed by atoms with Crippen LogP contribution in [0.2, 0.25) is 0 Å². The van der Waals surface area contributed by atoms with Crippen LogP contribution in [0.3, 0.4) is 0 Å². The van der Waals surface area contributed by atoms with Crippen LogP contribution < -0.4 is 11.1 Å². The van der Waals surface area contributed by atoms with E-state index in [-0.39, 0.29) is 11.3 Å². The number of benzene rings is 2. The molecule has 32 heavy (non-hydrogen) atoms. The van der Waals surface area contributed by atoms with Crippen molar-refractivity contribution in [3.05, 3.63) is 70.8 Å². The molecule has 2 fully saturated rings. The summed E-state index contributed by atoms with van der Waals surface area (Å²) in [6, 6.07) is 16.6. The monoisotopic (exact) mass is 434 g/mol. The molecule has 2 aliphatic rings. The molecule has 2 aromatic rings. The minimum atomic E-state index is -0.633. The van der Waals surface area contributed by atoms with Crippen molar-refractivity contribution in [3.8, 4) is 0 Å². The van der Waals surface area contributed by atoms with Crippen LogP contribution in [0, 0.1) is 5.92 Å². The van der Waals surface area contributed by atoms with Gasteiger partial charge in [-0.25, -0.2) is 0 Å². The van der Waals surface area contributed by atoms with E-state index in [1.165, 1.54) is 17.5 Å². The van der Waals surface area contributed by atoms with Crippen molar-refractivity contribution < 1.29 is 9.90 Å². The molecule has 4 rings (SSSR count). The summed E-state index contributed by atoms with van der Waals surface area (Å²) in [6.07, 6.45) is 9.55. The maximum atomic E-state index is 11.7. The van der Waals surface area contributed by atoms with E-state index in [9.17, 15) is 9.90 Å².